The highest BCUT2D eigenvalue weighted by Crippen LogP contribution is 2.36. The molecule has 0 atom stereocenters. The number of aryl methyl sites for hydroxylation is 2. The molecule has 1 aromatic carbocycles. The summed E-state index contributed by atoms with van der Waals surface area (Å²) in [5, 5.41) is 5.36. The van der Waals surface area contributed by atoms with Crippen LogP contribution in [0.5, 0.6) is 0 Å². The maximum atomic E-state index is 13.5. The second kappa shape index (κ2) is 8.20. The van der Waals surface area contributed by atoms with Gasteiger partial charge in [-0.25, -0.2) is 9.50 Å². The molecular weight excluding hydrogens is 419 g/mol. The van der Waals surface area contributed by atoms with Gasteiger partial charge in [0.1, 0.15) is 0 Å². The van der Waals surface area contributed by atoms with E-state index in [4.69, 9.17) is 16.7 Å². The van der Waals surface area contributed by atoms with Crippen LogP contribution in [0.2, 0.25) is 5.02 Å². The molecule has 158 valence electrons. The van der Waals surface area contributed by atoms with Gasteiger partial charge in [-0.2, -0.15) is 5.10 Å². The van der Waals surface area contributed by atoms with E-state index in [1.54, 1.807) is 0 Å². The molecule has 0 radical (unpaired) electrons. The molecule has 0 spiro atoms. The number of hydrogen-bond acceptors (Lipinski definition) is 3. The van der Waals surface area contributed by atoms with Crippen molar-refractivity contribution in [2.75, 3.05) is 0 Å². The van der Waals surface area contributed by atoms with Gasteiger partial charge in [0.2, 0.25) is 0 Å². The number of carbonyl (C=O) groups excluding carboxylic acids is 1. The van der Waals surface area contributed by atoms with Crippen LogP contribution < -0.4 is 0 Å². The highest BCUT2D eigenvalue weighted by Gasteiger charge is 2.32. The summed E-state index contributed by atoms with van der Waals surface area (Å²) in [6.07, 6.45) is 6.19. The Bertz CT molecular complexity index is 1120. The Hall–Kier alpha value is -2.11. The first-order valence-corrected chi connectivity index (χ1v) is 10.8. The highest BCUT2D eigenvalue weighted by molar-refractivity contribution is 6.31. The van der Waals surface area contributed by atoms with Gasteiger partial charge in [-0.15, -0.1) is 12.4 Å². The fourth-order valence-electron chi connectivity index (χ4n) is 4.89. The number of benzene rings is 1. The van der Waals surface area contributed by atoms with Gasteiger partial charge in [-0.3, -0.25) is 4.79 Å². The Balaban J connectivity index is 0.00000218. The molecule has 2 aromatic heterocycles. The third-order valence-corrected chi connectivity index (χ3v) is 7.03. The molecule has 1 aliphatic heterocycles. The van der Waals surface area contributed by atoms with Crippen LogP contribution in [-0.2, 0) is 13.1 Å². The summed E-state index contributed by atoms with van der Waals surface area (Å²) in [5.74, 6) is 0.603. The van der Waals surface area contributed by atoms with Crippen molar-refractivity contribution in [1.29, 1.82) is 0 Å². The van der Waals surface area contributed by atoms with Crippen LogP contribution in [0.1, 0.15) is 76.6 Å². The summed E-state index contributed by atoms with van der Waals surface area (Å²) in [5.41, 5.74) is 6.53. The van der Waals surface area contributed by atoms with Crippen LogP contribution in [0.15, 0.2) is 24.3 Å². The molecule has 1 saturated carbocycles. The van der Waals surface area contributed by atoms with Gasteiger partial charge in [0, 0.05) is 11.1 Å². The summed E-state index contributed by atoms with van der Waals surface area (Å²) in [6, 6.07) is 8.17. The highest BCUT2D eigenvalue weighted by atomic mass is 35.5. The number of rotatable bonds is 2. The lowest BCUT2D eigenvalue weighted by Gasteiger charge is -2.25. The van der Waals surface area contributed by atoms with Crippen LogP contribution in [-0.4, -0.2) is 25.4 Å². The molecule has 1 fully saturated rings. The molecule has 3 aromatic rings. The van der Waals surface area contributed by atoms with Gasteiger partial charge in [0.05, 0.1) is 35.2 Å². The van der Waals surface area contributed by atoms with E-state index in [9.17, 15) is 4.79 Å². The van der Waals surface area contributed by atoms with E-state index >= 15 is 0 Å². The Morgan fingerprint density at radius 1 is 1.10 bits per heavy atom. The number of aromatic nitrogens is 3. The zero-order valence-electron chi connectivity index (χ0n) is 17.3. The van der Waals surface area contributed by atoms with Crippen LogP contribution >= 0.6 is 24.0 Å². The minimum absolute atomic E-state index is 0. The maximum absolute atomic E-state index is 13.5. The van der Waals surface area contributed by atoms with Gasteiger partial charge in [0.25, 0.3) is 5.91 Å². The SMILES string of the molecule is Cc1nc2c3c(nn2c(C)c1Cl)CN(C(=O)c1ccccc1C1CCCCC1)C3.Cl. The number of halogens is 2. The van der Waals surface area contributed by atoms with Crippen molar-refractivity contribution in [3.8, 4) is 0 Å². The predicted molar refractivity (Wildman–Crippen MR) is 121 cm³/mol. The third kappa shape index (κ3) is 3.38. The quantitative estimate of drug-likeness (QED) is 0.514. The van der Waals surface area contributed by atoms with Gasteiger partial charge < -0.3 is 4.90 Å². The zero-order valence-corrected chi connectivity index (χ0v) is 18.9. The van der Waals surface area contributed by atoms with Crippen LogP contribution in [0, 0.1) is 13.8 Å². The zero-order chi connectivity index (χ0) is 20.1. The predicted octanol–water partition coefficient (Wildman–Crippen LogP) is 5.63. The Morgan fingerprint density at radius 2 is 1.83 bits per heavy atom. The normalized spacial score (nSPS) is 16.6. The molecule has 5 rings (SSSR count). The first-order valence-electron chi connectivity index (χ1n) is 10.5. The van der Waals surface area contributed by atoms with E-state index in [1.165, 1.54) is 37.7 Å². The van der Waals surface area contributed by atoms with Gasteiger partial charge in [0.15, 0.2) is 5.65 Å². The second-order valence-corrected chi connectivity index (χ2v) is 8.72. The Labute approximate surface area is 187 Å². The average molecular weight is 445 g/mol. The number of carbonyl (C=O) groups is 1. The molecule has 3 heterocycles. The monoisotopic (exact) mass is 444 g/mol. The van der Waals surface area contributed by atoms with E-state index in [0.717, 1.165) is 33.9 Å². The van der Waals surface area contributed by atoms with Crippen molar-refractivity contribution in [2.24, 2.45) is 0 Å². The molecule has 0 bridgehead atoms. The van der Waals surface area contributed by atoms with Crippen molar-refractivity contribution in [3.05, 3.63) is 63.1 Å². The molecule has 7 heteroatoms. The maximum Gasteiger partial charge on any atom is 0.254 e. The van der Waals surface area contributed by atoms with Crippen molar-refractivity contribution < 1.29 is 4.79 Å². The molecule has 30 heavy (non-hydrogen) atoms. The van der Waals surface area contributed by atoms with Crippen molar-refractivity contribution in [1.82, 2.24) is 19.5 Å². The average Bonchev–Trinajstić information content (AvgIpc) is 3.31. The lowest BCUT2D eigenvalue weighted by molar-refractivity contribution is 0.0747. The number of fused-ring (bicyclic) bond motifs is 3. The van der Waals surface area contributed by atoms with Crippen molar-refractivity contribution >= 4 is 35.6 Å². The number of nitrogens with zero attached hydrogens (tertiary/aromatic N) is 4. The fourth-order valence-corrected chi connectivity index (χ4v) is 5.01. The van der Waals surface area contributed by atoms with Gasteiger partial charge >= 0.3 is 0 Å². The van der Waals surface area contributed by atoms with E-state index in [2.05, 4.69) is 17.1 Å². The lowest BCUT2D eigenvalue weighted by atomic mass is 9.82. The summed E-state index contributed by atoms with van der Waals surface area (Å²) in [7, 11) is 0. The fraction of sp³-hybridized carbons (Fsp3) is 0.435. The van der Waals surface area contributed by atoms with Gasteiger partial charge in [-0.05, 0) is 44.2 Å². The van der Waals surface area contributed by atoms with E-state index in [-0.39, 0.29) is 18.3 Å². The number of hydrogen-bond donors (Lipinski definition) is 0. The molecule has 5 nitrogen and oxygen atoms in total. The first-order chi connectivity index (χ1) is 14.0. The van der Waals surface area contributed by atoms with E-state index in [1.807, 2.05) is 35.4 Å². The Morgan fingerprint density at radius 3 is 2.60 bits per heavy atom. The minimum Gasteiger partial charge on any atom is -0.328 e. The summed E-state index contributed by atoms with van der Waals surface area (Å²) in [6.45, 7) is 4.93. The minimum atomic E-state index is 0. The van der Waals surface area contributed by atoms with Crippen LogP contribution in [0.4, 0.5) is 0 Å². The summed E-state index contributed by atoms with van der Waals surface area (Å²) in [4.78, 5) is 20.0. The molecule has 0 saturated heterocycles. The molecule has 0 unspecified atom stereocenters. The summed E-state index contributed by atoms with van der Waals surface area (Å²) >= 11 is 6.34. The second-order valence-electron chi connectivity index (χ2n) is 8.34. The van der Waals surface area contributed by atoms with Crippen molar-refractivity contribution in [3.63, 3.8) is 0 Å². The standard InChI is InChI=1S/C23H25ClN4O.ClH/c1-14-21(24)15(2)28-22(25-14)19-12-27(13-20(19)26-28)23(29)18-11-7-6-10-17(18)16-8-4-3-5-9-16;/h6-7,10-11,16H,3-5,8-9,12-13H2,1-2H3;1H. The molecule has 2 aliphatic rings. The first kappa shape index (κ1) is 21.1. The number of amides is 1. The molecule has 1 aliphatic carbocycles. The molecule has 0 N–H and O–H groups in total. The van der Waals surface area contributed by atoms with Crippen LogP contribution in [0.3, 0.4) is 0 Å². The summed E-state index contributed by atoms with van der Waals surface area (Å²) < 4.78 is 1.82. The Kier molecular flexibility index (Phi) is 5.78. The van der Waals surface area contributed by atoms with Gasteiger partial charge in [-0.1, -0.05) is 49.1 Å². The smallest absolute Gasteiger partial charge is 0.254 e. The van der Waals surface area contributed by atoms with Crippen LogP contribution in [0.25, 0.3) is 5.65 Å². The lowest BCUT2D eigenvalue weighted by Crippen LogP contribution is -2.27. The molecular formula is C23H26Cl2N4O. The third-order valence-electron chi connectivity index (χ3n) is 6.48. The van der Waals surface area contributed by atoms with Crippen molar-refractivity contribution in [2.45, 2.75) is 65.0 Å². The van der Waals surface area contributed by atoms with E-state index < -0.39 is 0 Å². The largest absolute Gasteiger partial charge is 0.328 e. The van der Waals surface area contributed by atoms with E-state index in [0.29, 0.717) is 24.0 Å². The topological polar surface area (TPSA) is 50.5 Å². The molecule has 1 amide bonds.